The van der Waals surface area contributed by atoms with Crippen LogP contribution < -0.4 is 10.6 Å². The van der Waals surface area contributed by atoms with Crippen LogP contribution in [0.1, 0.15) is 50.5 Å². The second-order valence-electron chi connectivity index (χ2n) is 8.99. The second-order valence-corrected chi connectivity index (χ2v) is 8.99. The third kappa shape index (κ3) is 8.78. The molecule has 1 fully saturated rings. The molecule has 7 heteroatoms. The number of rotatable bonds is 15. The van der Waals surface area contributed by atoms with Crippen molar-refractivity contribution in [2.45, 2.75) is 56.9 Å². The Balaban J connectivity index is 1.79. The predicted octanol–water partition coefficient (Wildman–Crippen LogP) is 3.08. The van der Waals surface area contributed by atoms with Crippen molar-refractivity contribution in [2.24, 2.45) is 11.8 Å². The molecule has 2 atom stereocenters. The van der Waals surface area contributed by atoms with Crippen molar-refractivity contribution in [2.75, 3.05) is 19.8 Å². The van der Waals surface area contributed by atoms with Crippen LogP contribution in [0.15, 0.2) is 55.6 Å². The number of hydrogen-bond donors (Lipinski definition) is 3. The molecule has 1 saturated carbocycles. The summed E-state index contributed by atoms with van der Waals surface area (Å²) in [6.45, 7) is 7.52. The Morgan fingerprint density at radius 1 is 1.06 bits per heavy atom. The summed E-state index contributed by atoms with van der Waals surface area (Å²) < 4.78 is 5.39. The zero-order chi connectivity index (χ0) is 24.8. The molecule has 1 aliphatic rings. The van der Waals surface area contributed by atoms with Gasteiger partial charge in [-0.2, -0.15) is 0 Å². The molecule has 2 amide bonds. The van der Waals surface area contributed by atoms with Gasteiger partial charge in [-0.05, 0) is 37.7 Å². The maximum Gasteiger partial charge on any atom is 0.309 e. The Kier molecular flexibility index (Phi) is 11.5. The lowest BCUT2D eigenvalue weighted by atomic mass is 9.95. The molecule has 0 saturated heterocycles. The maximum absolute atomic E-state index is 12.6. The van der Waals surface area contributed by atoms with Gasteiger partial charge in [0.25, 0.3) is 0 Å². The fourth-order valence-electron chi connectivity index (χ4n) is 4.38. The van der Waals surface area contributed by atoms with E-state index in [4.69, 9.17) is 4.74 Å². The number of amides is 2. The molecule has 0 heterocycles. The summed E-state index contributed by atoms with van der Waals surface area (Å²) in [4.78, 5) is 37.7. The minimum absolute atomic E-state index is 0.0118. The van der Waals surface area contributed by atoms with Crippen molar-refractivity contribution >= 4 is 17.8 Å². The first-order valence-electron chi connectivity index (χ1n) is 12.0. The normalized spacial score (nSPS) is 16.1. The lowest BCUT2D eigenvalue weighted by Gasteiger charge is -2.28. The van der Waals surface area contributed by atoms with Crippen LogP contribution in [-0.2, 0) is 25.5 Å². The lowest BCUT2D eigenvalue weighted by molar-refractivity contribution is -0.148. The Hall–Kier alpha value is -2.93. The number of benzene rings is 1. The Morgan fingerprint density at radius 2 is 1.71 bits per heavy atom. The fourth-order valence-corrected chi connectivity index (χ4v) is 4.38. The molecule has 186 valence electrons. The molecule has 0 radical (unpaired) electrons. The molecule has 1 aliphatic carbocycles. The maximum atomic E-state index is 12.6. The number of carbonyl (C=O) groups excluding carboxylic acids is 3. The van der Waals surface area contributed by atoms with Gasteiger partial charge in [0, 0.05) is 6.42 Å². The number of aliphatic hydroxyl groups excluding tert-OH is 1. The molecule has 0 unspecified atom stereocenters. The van der Waals surface area contributed by atoms with Gasteiger partial charge in [0.2, 0.25) is 11.8 Å². The minimum atomic E-state index is -0.572. The summed E-state index contributed by atoms with van der Waals surface area (Å²) in [6, 6.07) is 9.72. The molecule has 0 aliphatic heterocycles. The van der Waals surface area contributed by atoms with E-state index in [9.17, 15) is 19.5 Å². The molecule has 34 heavy (non-hydrogen) atoms. The quantitative estimate of drug-likeness (QED) is 0.208. The summed E-state index contributed by atoms with van der Waals surface area (Å²) in [5, 5.41) is 15.4. The first-order chi connectivity index (χ1) is 16.4. The van der Waals surface area contributed by atoms with E-state index in [1.54, 1.807) is 12.2 Å². The number of aliphatic hydroxyl groups is 1. The van der Waals surface area contributed by atoms with Gasteiger partial charge in [-0.1, -0.05) is 55.3 Å². The molecule has 0 spiro atoms. The summed E-state index contributed by atoms with van der Waals surface area (Å²) in [6.07, 6.45) is 8.17. The van der Waals surface area contributed by atoms with Crippen LogP contribution in [-0.4, -0.2) is 48.2 Å². The van der Waals surface area contributed by atoms with E-state index >= 15 is 0 Å². The number of nitrogens with one attached hydrogen (secondary N) is 2. The molecule has 3 N–H and O–H groups in total. The highest BCUT2D eigenvalue weighted by molar-refractivity contribution is 5.86. The van der Waals surface area contributed by atoms with Crippen LogP contribution in [0.3, 0.4) is 0 Å². The summed E-state index contributed by atoms with van der Waals surface area (Å²) in [5.41, 5.74) is 0.480. The van der Waals surface area contributed by atoms with Crippen LogP contribution >= 0.6 is 0 Å². The summed E-state index contributed by atoms with van der Waals surface area (Å²) in [7, 11) is 0. The van der Waals surface area contributed by atoms with Crippen molar-refractivity contribution in [1.82, 2.24) is 10.6 Å². The molecule has 1 aromatic carbocycles. The van der Waals surface area contributed by atoms with Gasteiger partial charge < -0.3 is 20.5 Å². The molecule has 7 nitrogen and oxygen atoms in total. The molecule has 2 rings (SSSR count). The van der Waals surface area contributed by atoms with E-state index < -0.39 is 11.5 Å². The summed E-state index contributed by atoms with van der Waals surface area (Å²) >= 11 is 0. The van der Waals surface area contributed by atoms with Crippen LogP contribution in [0.5, 0.6) is 0 Å². The third-order valence-corrected chi connectivity index (χ3v) is 6.28. The minimum Gasteiger partial charge on any atom is -0.464 e. The van der Waals surface area contributed by atoms with Gasteiger partial charge in [-0.25, -0.2) is 0 Å². The topological polar surface area (TPSA) is 105 Å². The van der Waals surface area contributed by atoms with Crippen LogP contribution in [0.25, 0.3) is 0 Å². The third-order valence-electron chi connectivity index (χ3n) is 6.28. The second kappa shape index (κ2) is 14.4. The van der Waals surface area contributed by atoms with E-state index in [0.717, 1.165) is 31.2 Å². The zero-order valence-electron chi connectivity index (χ0n) is 20.0. The number of ether oxygens (including phenoxy) is 1. The lowest BCUT2D eigenvalue weighted by Crippen LogP contribution is -2.50. The number of esters is 1. The highest BCUT2D eigenvalue weighted by Crippen LogP contribution is 2.29. The first-order valence-corrected chi connectivity index (χ1v) is 12.0. The van der Waals surface area contributed by atoms with E-state index in [0.29, 0.717) is 19.3 Å². The molecular formula is C27H38N2O5. The average Bonchev–Trinajstić information content (AvgIpc) is 3.30. The highest BCUT2D eigenvalue weighted by Gasteiger charge is 2.35. The fraction of sp³-hybridized carbons (Fsp3) is 0.519. The van der Waals surface area contributed by atoms with Gasteiger partial charge in [-0.3, -0.25) is 14.4 Å². The average molecular weight is 471 g/mol. The molecule has 0 bridgehead atoms. The Labute approximate surface area is 202 Å². The van der Waals surface area contributed by atoms with Crippen LogP contribution in [0.2, 0.25) is 0 Å². The predicted molar refractivity (Wildman–Crippen MR) is 132 cm³/mol. The van der Waals surface area contributed by atoms with Gasteiger partial charge in [0.1, 0.15) is 6.61 Å². The van der Waals surface area contributed by atoms with Gasteiger partial charge in [0.05, 0.1) is 30.5 Å². The monoisotopic (exact) mass is 470 g/mol. The van der Waals surface area contributed by atoms with E-state index in [1.165, 1.54) is 0 Å². The van der Waals surface area contributed by atoms with Crippen molar-refractivity contribution in [1.29, 1.82) is 0 Å². The van der Waals surface area contributed by atoms with Gasteiger partial charge in [0.15, 0.2) is 0 Å². The zero-order valence-corrected chi connectivity index (χ0v) is 20.0. The number of carbonyl (C=O) groups is 3. The standard InChI is InChI=1S/C27H38N2O5/c1-3-10-22(19-24(31)29-27(20-30)14-8-9-15-27)25(32)28-16-17-34-26(33)23(11-4-2)18-21-12-6-5-7-13-21/h3-7,12-13,22-23,30H,1-2,8-11,14-20H2,(H,28,32)(H,29,31)/t22-,23-/m1/s1. The summed E-state index contributed by atoms with van der Waals surface area (Å²) in [5.74, 6) is -1.77. The highest BCUT2D eigenvalue weighted by atomic mass is 16.5. The molecule has 0 aromatic heterocycles. The Morgan fingerprint density at radius 3 is 2.32 bits per heavy atom. The largest absolute Gasteiger partial charge is 0.464 e. The SMILES string of the molecule is C=CC[C@H](CC(=O)NC1(CO)CCCC1)C(=O)NCCOC(=O)[C@H](CC=C)Cc1ccccc1. The Bertz CT molecular complexity index is 818. The van der Waals surface area contributed by atoms with Crippen LogP contribution in [0, 0.1) is 11.8 Å². The van der Waals surface area contributed by atoms with Crippen LogP contribution in [0.4, 0.5) is 0 Å². The molecule has 1 aromatic rings. The van der Waals surface area contributed by atoms with E-state index in [2.05, 4.69) is 23.8 Å². The molecular weight excluding hydrogens is 432 g/mol. The van der Waals surface area contributed by atoms with E-state index in [1.807, 2.05) is 30.3 Å². The van der Waals surface area contributed by atoms with Gasteiger partial charge >= 0.3 is 5.97 Å². The van der Waals surface area contributed by atoms with Crippen molar-refractivity contribution in [3.05, 3.63) is 61.2 Å². The van der Waals surface area contributed by atoms with Gasteiger partial charge in [-0.15, -0.1) is 13.2 Å². The smallest absolute Gasteiger partial charge is 0.309 e. The first kappa shape index (κ1) is 27.3. The van der Waals surface area contributed by atoms with E-state index in [-0.39, 0.29) is 49.9 Å². The number of allylic oxidation sites excluding steroid dienone is 2. The van der Waals surface area contributed by atoms with Crippen molar-refractivity contribution < 1.29 is 24.2 Å². The van der Waals surface area contributed by atoms with Crippen molar-refractivity contribution in [3.8, 4) is 0 Å². The van der Waals surface area contributed by atoms with Crippen molar-refractivity contribution in [3.63, 3.8) is 0 Å². The number of hydrogen-bond acceptors (Lipinski definition) is 5.